The third kappa shape index (κ3) is 5.06. The van der Waals surface area contributed by atoms with Gasteiger partial charge in [0.15, 0.2) is 0 Å². The Kier molecular flexibility index (Phi) is 5.52. The Labute approximate surface area is 96.8 Å². The van der Waals surface area contributed by atoms with Crippen LogP contribution in [-0.4, -0.2) is 16.6 Å². The van der Waals surface area contributed by atoms with Gasteiger partial charge >= 0.3 is 0 Å². The molecule has 0 aliphatic rings. The second-order valence-corrected chi connectivity index (χ2v) is 5.33. The summed E-state index contributed by atoms with van der Waals surface area (Å²) in [5.41, 5.74) is 3.24. The summed E-state index contributed by atoms with van der Waals surface area (Å²) in [6.07, 6.45) is 2.26. The molecule has 0 spiro atoms. The van der Waals surface area contributed by atoms with Crippen molar-refractivity contribution >= 4 is 27.5 Å². The van der Waals surface area contributed by atoms with Crippen LogP contribution in [0, 0.1) is 6.92 Å². The van der Waals surface area contributed by atoms with Crippen LogP contribution in [0.1, 0.15) is 12.0 Å². The fourth-order valence-corrected chi connectivity index (χ4v) is 2.66. The Morgan fingerprint density at radius 3 is 3.00 bits per heavy atom. The van der Waals surface area contributed by atoms with Gasteiger partial charge in [0.2, 0.25) is 5.91 Å². The monoisotopic (exact) mass is 243 g/mol. The molecular weight excluding hydrogens is 230 g/mol. The van der Waals surface area contributed by atoms with E-state index in [1.165, 1.54) is 0 Å². The van der Waals surface area contributed by atoms with Crippen LogP contribution in [0.2, 0.25) is 0 Å². The number of nitrogens with zero attached hydrogens (tertiary/aromatic N) is 1. The number of hydrogen-bond donors (Lipinski definition) is 2. The molecule has 0 saturated heterocycles. The number of pyridine rings is 1. The van der Waals surface area contributed by atoms with Crippen LogP contribution in [-0.2, 0) is 4.79 Å². The van der Waals surface area contributed by atoms with E-state index in [-0.39, 0.29) is 5.91 Å². The standard InChI is InChI=1S/C9H13N3OS2/c1-7-2-3-9(11-6-7)15-14-5-4-8(13)12-10/h2-3,6H,4-5,10H2,1H3,(H,12,13). The molecule has 0 radical (unpaired) electrons. The number of nitrogens with two attached hydrogens (primary N) is 1. The molecule has 82 valence electrons. The van der Waals surface area contributed by atoms with E-state index in [9.17, 15) is 4.79 Å². The molecule has 4 nitrogen and oxygen atoms in total. The van der Waals surface area contributed by atoms with Gasteiger partial charge in [0, 0.05) is 18.4 Å². The topological polar surface area (TPSA) is 68.0 Å². The molecule has 1 rings (SSSR count). The predicted octanol–water partition coefficient (Wildman–Crippen LogP) is 1.51. The van der Waals surface area contributed by atoms with Crippen LogP contribution in [0.5, 0.6) is 0 Å². The number of rotatable bonds is 5. The number of aryl methyl sites for hydroxylation is 1. The number of carbonyl (C=O) groups excluding carboxylic acids is 1. The van der Waals surface area contributed by atoms with Crippen molar-refractivity contribution in [3.63, 3.8) is 0 Å². The highest BCUT2D eigenvalue weighted by molar-refractivity contribution is 8.76. The minimum atomic E-state index is -0.139. The average Bonchev–Trinajstić information content (AvgIpc) is 2.26. The molecule has 0 bridgehead atoms. The van der Waals surface area contributed by atoms with Crippen LogP contribution in [0.15, 0.2) is 23.4 Å². The molecule has 0 aromatic carbocycles. The molecule has 6 heteroatoms. The van der Waals surface area contributed by atoms with E-state index in [1.54, 1.807) is 21.6 Å². The van der Waals surface area contributed by atoms with Gasteiger partial charge in [0.1, 0.15) is 5.03 Å². The molecule has 0 unspecified atom stereocenters. The van der Waals surface area contributed by atoms with E-state index in [1.807, 2.05) is 25.3 Å². The van der Waals surface area contributed by atoms with Gasteiger partial charge in [-0.15, -0.1) is 0 Å². The second kappa shape index (κ2) is 6.71. The van der Waals surface area contributed by atoms with E-state index in [0.717, 1.165) is 16.3 Å². The summed E-state index contributed by atoms with van der Waals surface area (Å²) in [6.45, 7) is 2.00. The van der Waals surface area contributed by atoms with Crippen molar-refractivity contribution in [1.82, 2.24) is 10.4 Å². The number of hydrogen-bond acceptors (Lipinski definition) is 5. The molecule has 3 N–H and O–H groups in total. The SMILES string of the molecule is Cc1ccc(SSCCC(=O)NN)nc1. The van der Waals surface area contributed by atoms with Gasteiger partial charge in [-0.3, -0.25) is 10.2 Å². The predicted molar refractivity (Wildman–Crippen MR) is 64.2 cm³/mol. The van der Waals surface area contributed by atoms with E-state index >= 15 is 0 Å². The highest BCUT2D eigenvalue weighted by Gasteiger charge is 2.00. The molecule has 1 amide bonds. The smallest absolute Gasteiger partial charge is 0.234 e. The van der Waals surface area contributed by atoms with Gasteiger partial charge in [-0.2, -0.15) is 0 Å². The summed E-state index contributed by atoms with van der Waals surface area (Å²) in [5, 5.41) is 0.957. The first-order valence-corrected chi connectivity index (χ1v) is 6.76. The van der Waals surface area contributed by atoms with Crippen LogP contribution in [0.3, 0.4) is 0 Å². The van der Waals surface area contributed by atoms with Crippen molar-refractivity contribution < 1.29 is 4.79 Å². The van der Waals surface area contributed by atoms with Gasteiger partial charge in [-0.1, -0.05) is 16.9 Å². The summed E-state index contributed by atoms with van der Waals surface area (Å²) in [7, 11) is 3.16. The lowest BCUT2D eigenvalue weighted by Gasteiger charge is -2.00. The molecule has 0 saturated carbocycles. The van der Waals surface area contributed by atoms with Gasteiger partial charge in [-0.25, -0.2) is 10.8 Å². The first-order valence-electron chi connectivity index (χ1n) is 4.44. The van der Waals surface area contributed by atoms with Crippen LogP contribution >= 0.6 is 21.6 Å². The van der Waals surface area contributed by atoms with E-state index < -0.39 is 0 Å². The summed E-state index contributed by atoms with van der Waals surface area (Å²) in [6, 6.07) is 3.98. The molecular formula is C9H13N3OS2. The van der Waals surface area contributed by atoms with Crippen molar-refractivity contribution in [1.29, 1.82) is 0 Å². The number of hydrazine groups is 1. The summed E-state index contributed by atoms with van der Waals surface area (Å²) >= 11 is 0. The maximum Gasteiger partial charge on any atom is 0.234 e. The van der Waals surface area contributed by atoms with Crippen molar-refractivity contribution in [2.45, 2.75) is 18.4 Å². The molecule has 0 aliphatic heterocycles. The second-order valence-electron chi connectivity index (χ2n) is 2.90. The Hall–Kier alpha value is -0.720. The molecule has 1 aromatic heterocycles. The fraction of sp³-hybridized carbons (Fsp3) is 0.333. The zero-order valence-electron chi connectivity index (χ0n) is 8.40. The number of amides is 1. The number of aromatic nitrogens is 1. The zero-order chi connectivity index (χ0) is 11.1. The molecule has 1 aromatic rings. The van der Waals surface area contributed by atoms with Crippen molar-refractivity contribution in [2.75, 3.05) is 5.75 Å². The summed E-state index contributed by atoms with van der Waals surface area (Å²) < 4.78 is 0. The van der Waals surface area contributed by atoms with Gasteiger partial charge < -0.3 is 0 Å². The van der Waals surface area contributed by atoms with Gasteiger partial charge in [0.05, 0.1) is 0 Å². The quantitative estimate of drug-likeness (QED) is 0.270. The third-order valence-corrected chi connectivity index (χ3v) is 3.87. The average molecular weight is 243 g/mol. The van der Waals surface area contributed by atoms with E-state index in [2.05, 4.69) is 10.4 Å². The van der Waals surface area contributed by atoms with Crippen LogP contribution in [0.25, 0.3) is 0 Å². The Morgan fingerprint density at radius 1 is 1.60 bits per heavy atom. The normalized spacial score (nSPS) is 10.0. The molecule has 15 heavy (non-hydrogen) atoms. The van der Waals surface area contributed by atoms with Gasteiger partial charge in [0.25, 0.3) is 0 Å². The first kappa shape index (κ1) is 12.4. The van der Waals surface area contributed by atoms with Crippen LogP contribution < -0.4 is 11.3 Å². The fourth-order valence-electron chi connectivity index (χ4n) is 0.812. The number of carbonyl (C=O) groups is 1. The minimum absolute atomic E-state index is 0.139. The minimum Gasteiger partial charge on any atom is -0.294 e. The maximum atomic E-state index is 10.8. The lowest BCUT2D eigenvalue weighted by atomic mass is 10.3. The third-order valence-electron chi connectivity index (χ3n) is 1.60. The Morgan fingerprint density at radius 2 is 2.40 bits per heavy atom. The highest BCUT2D eigenvalue weighted by Crippen LogP contribution is 2.29. The van der Waals surface area contributed by atoms with Crippen molar-refractivity contribution in [2.24, 2.45) is 5.84 Å². The van der Waals surface area contributed by atoms with E-state index in [0.29, 0.717) is 6.42 Å². The molecule has 0 atom stereocenters. The Balaban J connectivity index is 2.20. The van der Waals surface area contributed by atoms with Crippen molar-refractivity contribution in [3.05, 3.63) is 23.9 Å². The zero-order valence-corrected chi connectivity index (χ0v) is 10.0. The highest BCUT2D eigenvalue weighted by atomic mass is 33.1. The van der Waals surface area contributed by atoms with Gasteiger partial charge in [-0.05, 0) is 29.3 Å². The summed E-state index contributed by atoms with van der Waals surface area (Å²) in [5.74, 6) is 5.54. The number of nitrogens with one attached hydrogen (secondary N) is 1. The molecule has 0 aliphatic carbocycles. The first-order chi connectivity index (χ1) is 7.22. The largest absolute Gasteiger partial charge is 0.294 e. The van der Waals surface area contributed by atoms with Crippen molar-refractivity contribution in [3.8, 4) is 0 Å². The lowest BCUT2D eigenvalue weighted by molar-refractivity contribution is -0.120. The lowest BCUT2D eigenvalue weighted by Crippen LogP contribution is -2.30. The Bertz CT molecular complexity index is 316. The maximum absolute atomic E-state index is 10.8. The van der Waals surface area contributed by atoms with Crippen LogP contribution in [0.4, 0.5) is 0 Å². The summed E-state index contributed by atoms with van der Waals surface area (Å²) in [4.78, 5) is 15.0. The molecule has 0 fully saturated rings. The van der Waals surface area contributed by atoms with E-state index in [4.69, 9.17) is 5.84 Å². The molecule has 1 heterocycles.